The predicted molar refractivity (Wildman–Crippen MR) is 215 cm³/mol. The van der Waals surface area contributed by atoms with Crippen molar-refractivity contribution in [3.63, 3.8) is 0 Å². The van der Waals surface area contributed by atoms with E-state index in [1.807, 2.05) is 19.0 Å². The molecule has 0 aliphatic heterocycles. The van der Waals surface area contributed by atoms with Crippen molar-refractivity contribution < 1.29 is 37.6 Å². The Balaban J connectivity index is 4.30. The monoisotopic (exact) mass is 758 g/mol. The number of unbranched alkanes of at least 4 members (excludes halogenated alkanes) is 21. The molecule has 0 amide bonds. The zero-order valence-electron chi connectivity index (χ0n) is 34.0. The zero-order chi connectivity index (χ0) is 38.4. The molecule has 0 aromatic carbocycles. The second kappa shape index (κ2) is 37.8. The average molecular weight is 758 g/mol. The molecule has 0 rings (SSSR count). The van der Waals surface area contributed by atoms with Gasteiger partial charge >= 0.3 is 19.8 Å². The lowest BCUT2D eigenvalue weighted by Gasteiger charge is -2.20. The van der Waals surface area contributed by atoms with Gasteiger partial charge in [-0.25, -0.2) is 4.57 Å². The number of esters is 2. The second-order valence-corrected chi connectivity index (χ2v) is 16.0. The molecule has 306 valence electrons. The molecule has 10 heteroatoms. The number of phosphoric acid groups is 1. The Morgan fingerprint density at radius 1 is 0.596 bits per heavy atom. The molecule has 2 unspecified atom stereocenters. The first kappa shape index (κ1) is 50.5. The van der Waals surface area contributed by atoms with Crippen molar-refractivity contribution in [1.29, 1.82) is 0 Å². The first-order chi connectivity index (χ1) is 25.2. The molecule has 0 aromatic heterocycles. The summed E-state index contributed by atoms with van der Waals surface area (Å²) in [6, 6.07) is 0. The van der Waals surface area contributed by atoms with Crippen LogP contribution in [0, 0.1) is 0 Å². The summed E-state index contributed by atoms with van der Waals surface area (Å²) in [4.78, 5) is 36.9. The number of carbonyl (C=O) groups excluding carboxylic acids is 2. The second-order valence-electron chi connectivity index (χ2n) is 14.5. The van der Waals surface area contributed by atoms with Crippen molar-refractivity contribution in [2.45, 2.75) is 193 Å². The van der Waals surface area contributed by atoms with Crippen molar-refractivity contribution in [3.05, 3.63) is 24.3 Å². The predicted octanol–water partition coefficient (Wildman–Crippen LogP) is 11.8. The maximum absolute atomic E-state index is 12.6. The molecule has 52 heavy (non-hydrogen) atoms. The molecule has 0 spiro atoms. The summed E-state index contributed by atoms with van der Waals surface area (Å²) in [6.45, 7) is 4.29. The Hall–Kier alpha value is -1.51. The number of hydrogen-bond donors (Lipinski definition) is 1. The Kier molecular flexibility index (Phi) is 36.7. The maximum Gasteiger partial charge on any atom is 0.472 e. The molecule has 0 radical (unpaired) electrons. The van der Waals surface area contributed by atoms with E-state index in [0.29, 0.717) is 19.4 Å². The minimum absolute atomic E-state index is 0.00738. The van der Waals surface area contributed by atoms with Crippen LogP contribution in [0.1, 0.15) is 187 Å². The molecule has 9 nitrogen and oxygen atoms in total. The van der Waals surface area contributed by atoms with Gasteiger partial charge in [0.2, 0.25) is 0 Å². The molecule has 0 saturated heterocycles. The lowest BCUT2D eigenvalue weighted by atomic mass is 10.0. The Morgan fingerprint density at radius 3 is 1.56 bits per heavy atom. The van der Waals surface area contributed by atoms with Gasteiger partial charge in [0.25, 0.3) is 0 Å². The molecule has 2 atom stereocenters. The normalized spacial score (nSPS) is 13.7. The third-order valence-corrected chi connectivity index (χ3v) is 10.00. The van der Waals surface area contributed by atoms with Crippen LogP contribution in [0.3, 0.4) is 0 Å². The molecule has 0 heterocycles. The Labute approximate surface area is 319 Å². The van der Waals surface area contributed by atoms with E-state index in [1.54, 1.807) is 0 Å². The SMILES string of the molecule is CCCCC/C=C\C/C=C\CCCCCCCCCC(=O)OC(COC(=O)CCCCCCCCCCCCCC)COP(=O)(O)OCCN(C)C. The van der Waals surface area contributed by atoms with Gasteiger partial charge < -0.3 is 19.3 Å². The van der Waals surface area contributed by atoms with Gasteiger partial charge in [0, 0.05) is 19.4 Å². The smallest absolute Gasteiger partial charge is 0.462 e. The highest BCUT2D eigenvalue weighted by Gasteiger charge is 2.26. The number of allylic oxidation sites excluding steroid dienone is 4. The largest absolute Gasteiger partial charge is 0.472 e. The number of nitrogens with zero attached hydrogens (tertiary/aromatic N) is 1. The van der Waals surface area contributed by atoms with Crippen LogP contribution in [0.15, 0.2) is 24.3 Å². The van der Waals surface area contributed by atoms with Gasteiger partial charge in [0.15, 0.2) is 6.10 Å². The summed E-state index contributed by atoms with van der Waals surface area (Å²) in [6.07, 6.45) is 37.8. The third kappa shape index (κ3) is 38.2. The number of likely N-dealkylation sites (N-methyl/N-ethyl adjacent to an activating group) is 1. The fourth-order valence-corrected chi connectivity index (χ4v) is 6.46. The molecule has 0 saturated carbocycles. The van der Waals surface area contributed by atoms with E-state index in [1.165, 1.54) is 103 Å². The highest BCUT2D eigenvalue weighted by atomic mass is 31.2. The summed E-state index contributed by atoms with van der Waals surface area (Å²) >= 11 is 0. The molecule has 0 bridgehead atoms. The van der Waals surface area contributed by atoms with Crippen molar-refractivity contribution in [1.82, 2.24) is 4.90 Å². The van der Waals surface area contributed by atoms with Gasteiger partial charge in [-0.1, -0.05) is 154 Å². The van der Waals surface area contributed by atoms with Crippen LogP contribution in [0.2, 0.25) is 0 Å². The van der Waals surface area contributed by atoms with Crippen molar-refractivity contribution in [2.24, 2.45) is 0 Å². The molecule has 0 aromatic rings. The Morgan fingerprint density at radius 2 is 1.04 bits per heavy atom. The van der Waals surface area contributed by atoms with Crippen LogP contribution in [0.4, 0.5) is 0 Å². The highest BCUT2D eigenvalue weighted by molar-refractivity contribution is 7.47. The summed E-state index contributed by atoms with van der Waals surface area (Å²) in [5.41, 5.74) is 0. The lowest BCUT2D eigenvalue weighted by Crippen LogP contribution is -2.29. The van der Waals surface area contributed by atoms with Gasteiger partial charge in [0.1, 0.15) is 6.61 Å². The van der Waals surface area contributed by atoms with E-state index in [9.17, 15) is 19.0 Å². The van der Waals surface area contributed by atoms with Gasteiger partial charge in [0.05, 0.1) is 13.2 Å². The first-order valence-electron chi connectivity index (χ1n) is 21.1. The van der Waals surface area contributed by atoms with Crippen LogP contribution in [-0.4, -0.2) is 68.3 Å². The van der Waals surface area contributed by atoms with E-state index in [2.05, 4.69) is 38.2 Å². The minimum atomic E-state index is -4.36. The molecule has 0 aliphatic carbocycles. The molecular weight excluding hydrogens is 677 g/mol. The first-order valence-corrected chi connectivity index (χ1v) is 22.6. The number of ether oxygens (including phenoxy) is 2. The fraction of sp³-hybridized carbons (Fsp3) is 0.857. The van der Waals surface area contributed by atoms with Gasteiger partial charge in [-0.3, -0.25) is 18.6 Å². The number of carbonyl (C=O) groups is 2. The molecular formula is C42H80NO8P. The summed E-state index contributed by atoms with van der Waals surface area (Å²) in [7, 11) is -0.710. The van der Waals surface area contributed by atoms with E-state index in [0.717, 1.165) is 51.4 Å². The van der Waals surface area contributed by atoms with Gasteiger partial charge in [-0.2, -0.15) is 0 Å². The summed E-state index contributed by atoms with van der Waals surface area (Å²) < 4.78 is 33.4. The number of rotatable bonds is 39. The van der Waals surface area contributed by atoms with Crippen molar-refractivity contribution >= 4 is 19.8 Å². The van der Waals surface area contributed by atoms with Crippen LogP contribution >= 0.6 is 7.82 Å². The van der Waals surface area contributed by atoms with E-state index >= 15 is 0 Å². The summed E-state index contributed by atoms with van der Waals surface area (Å²) in [5.74, 6) is -0.807. The average Bonchev–Trinajstić information content (AvgIpc) is 3.11. The number of hydrogen-bond acceptors (Lipinski definition) is 8. The van der Waals surface area contributed by atoms with E-state index in [4.69, 9.17) is 18.5 Å². The van der Waals surface area contributed by atoms with Gasteiger partial charge in [-0.15, -0.1) is 0 Å². The Bertz CT molecular complexity index is 926. The quantitative estimate of drug-likeness (QED) is 0.0283. The standard InChI is InChI=1S/C42H80NO8P/c1-5-7-9-11-13-15-17-19-20-21-22-23-25-27-29-31-33-35-42(45)51-40(39-50-52(46,47)49-37-36-43(3)4)38-48-41(44)34-32-30-28-26-24-18-16-14-12-10-8-6-2/h13,15,19-20,40H,5-12,14,16-18,21-39H2,1-4H3,(H,46,47)/b15-13-,20-19-. The topological polar surface area (TPSA) is 112 Å². The highest BCUT2D eigenvalue weighted by Crippen LogP contribution is 2.43. The molecule has 0 aliphatic rings. The lowest BCUT2D eigenvalue weighted by molar-refractivity contribution is -0.161. The fourth-order valence-electron chi connectivity index (χ4n) is 5.72. The molecule has 0 fully saturated rings. The van der Waals surface area contributed by atoms with Crippen LogP contribution < -0.4 is 0 Å². The minimum Gasteiger partial charge on any atom is -0.462 e. The molecule has 1 N–H and O–H groups in total. The van der Waals surface area contributed by atoms with Crippen molar-refractivity contribution in [3.8, 4) is 0 Å². The zero-order valence-corrected chi connectivity index (χ0v) is 34.9. The van der Waals surface area contributed by atoms with E-state index in [-0.39, 0.29) is 25.6 Å². The third-order valence-electron chi connectivity index (χ3n) is 9.01. The van der Waals surface area contributed by atoms with Crippen LogP contribution in [0.25, 0.3) is 0 Å². The van der Waals surface area contributed by atoms with Crippen LogP contribution in [-0.2, 0) is 32.7 Å². The summed E-state index contributed by atoms with van der Waals surface area (Å²) in [5, 5.41) is 0. The van der Waals surface area contributed by atoms with E-state index < -0.39 is 26.5 Å². The van der Waals surface area contributed by atoms with Crippen LogP contribution in [0.5, 0.6) is 0 Å². The number of phosphoric ester groups is 1. The van der Waals surface area contributed by atoms with Crippen molar-refractivity contribution in [2.75, 3.05) is 40.5 Å². The maximum atomic E-state index is 12.6. The van der Waals surface area contributed by atoms with Gasteiger partial charge in [-0.05, 0) is 59.0 Å².